The molecule has 0 aliphatic heterocycles. The van der Waals surface area contributed by atoms with Crippen molar-refractivity contribution in [2.45, 2.75) is 26.3 Å². The Morgan fingerprint density at radius 2 is 2.15 bits per heavy atom. The van der Waals surface area contributed by atoms with Crippen LogP contribution in [0.15, 0.2) is 34.9 Å². The minimum atomic E-state index is 0.00774. The Morgan fingerprint density at radius 1 is 1.35 bits per heavy atom. The summed E-state index contributed by atoms with van der Waals surface area (Å²) in [7, 11) is 1.62. The van der Waals surface area contributed by atoms with E-state index in [1.54, 1.807) is 13.4 Å². The second-order valence-corrected chi connectivity index (χ2v) is 5.16. The number of benzene rings is 1. The lowest BCUT2D eigenvalue weighted by Gasteiger charge is -2.18. The van der Waals surface area contributed by atoms with Crippen molar-refractivity contribution >= 4 is 11.6 Å². The Kier molecular flexibility index (Phi) is 5.10. The molecule has 1 N–H and O–H groups in total. The van der Waals surface area contributed by atoms with Gasteiger partial charge in [0.15, 0.2) is 0 Å². The van der Waals surface area contributed by atoms with Gasteiger partial charge < -0.3 is 14.5 Å². The molecule has 0 amide bonds. The smallest absolute Gasteiger partial charge is 0.137 e. The van der Waals surface area contributed by atoms with Gasteiger partial charge in [0.2, 0.25) is 0 Å². The molecule has 2 aromatic rings. The van der Waals surface area contributed by atoms with Crippen molar-refractivity contribution in [3.05, 3.63) is 52.4 Å². The molecule has 2 rings (SSSR count). The van der Waals surface area contributed by atoms with Gasteiger partial charge >= 0.3 is 0 Å². The lowest BCUT2D eigenvalue weighted by atomic mass is 10.0. The van der Waals surface area contributed by atoms with Crippen molar-refractivity contribution in [2.75, 3.05) is 13.7 Å². The lowest BCUT2D eigenvalue weighted by Crippen LogP contribution is -2.23. The zero-order valence-electron chi connectivity index (χ0n) is 12.1. The highest BCUT2D eigenvalue weighted by Gasteiger charge is 2.19. The van der Waals surface area contributed by atoms with Crippen LogP contribution in [0.2, 0.25) is 5.02 Å². The molecule has 0 radical (unpaired) electrons. The van der Waals surface area contributed by atoms with Gasteiger partial charge in [-0.15, -0.1) is 0 Å². The van der Waals surface area contributed by atoms with Crippen LogP contribution in [-0.2, 0) is 0 Å². The quantitative estimate of drug-likeness (QED) is 0.860. The molecule has 1 aromatic heterocycles. The van der Waals surface area contributed by atoms with Crippen molar-refractivity contribution in [1.82, 2.24) is 5.32 Å². The van der Waals surface area contributed by atoms with Crippen molar-refractivity contribution in [2.24, 2.45) is 0 Å². The molecule has 4 heteroatoms. The first-order valence-electron chi connectivity index (χ1n) is 6.78. The van der Waals surface area contributed by atoms with Crippen LogP contribution in [0.5, 0.6) is 5.75 Å². The number of hydrogen-bond donors (Lipinski definition) is 1. The van der Waals surface area contributed by atoms with Crippen LogP contribution >= 0.6 is 11.6 Å². The molecular weight excluding hydrogens is 274 g/mol. The lowest BCUT2D eigenvalue weighted by molar-refractivity contribution is 0.413. The van der Waals surface area contributed by atoms with Crippen LogP contribution < -0.4 is 10.1 Å². The van der Waals surface area contributed by atoms with Gasteiger partial charge in [-0.25, -0.2) is 0 Å². The first-order valence-corrected chi connectivity index (χ1v) is 7.16. The Labute approximate surface area is 124 Å². The average molecular weight is 294 g/mol. The second-order valence-electron chi connectivity index (χ2n) is 4.75. The standard InChI is InChI=1S/C16H20ClNO2/c1-4-8-18-15(16-11(2)7-9-20-16)12-5-6-14(19-3)13(17)10-12/h5-7,9-10,15,18H,4,8H2,1-3H3. The Balaban J connectivity index is 2.36. The van der Waals surface area contributed by atoms with E-state index in [-0.39, 0.29) is 6.04 Å². The zero-order chi connectivity index (χ0) is 14.5. The normalized spacial score (nSPS) is 12.4. The topological polar surface area (TPSA) is 34.4 Å². The number of rotatable bonds is 6. The maximum Gasteiger partial charge on any atom is 0.137 e. The molecule has 0 spiro atoms. The van der Waals surface area contributed by atoms with E-state index in [1.165, 1.54) is 0 Å². The van der Waals surface area contributed by atoms with Crippen molar-refractivity contribution < 1.29 is 9.15 Å². The second kappa shape index (κ2) is 6.82. The average Bonchev–Trinajstić information content (AvgIpc) is 2.86. The Morgan fingerprint density at radius 3 is 2.70 bits per heavy atom. The number of halogens is 1. The van der Waals surface area contributed by atoms with Gasteiger partial charge in [0.1, 0.15) is 11.5 Å². The van der Waals surface area contributed by atoms with E-state index in [2.05, 4.69) is 12.2 Å². The molecule has 0 saturated carbocycles. The third-order valence-corrected chi connectivity index (χ3v) is 3.57. The molecule has 0 fully saturated rings. The molecule has 1 unspecified atom stereocenters. The number of methoxy groups -OCH3 is 1. The molecule has 0 aliphatic carbocycles. The van der Waals surface area contributed by atoms with Crippen LogP contribution in [-0.4, -0.2) is 13.7 Å². The van der Waals surface area contributed by atoms with E-state index in [9.17, 15) is 0 Å². The van der Waals surface area contributed by atoms with Crippen LogP contribution in [0.1, 0.15) is 36.3 Å². The van der Waals surface area contributed by atoms with Crippen LogP contribution in [0.3, 0.4) is 0 Å². The first-order chi connectivity index (χ1) is 9.67. The van der Waals surface area contributed by atoms with E-state index in [1.807, 2.05) is 31.2 Å². The summed E-state index contributed by atoms with van der Waals surface area (Å²) in [5.41, 5.74) is 2.20. The third-order valence-electron chi connectivity index (χ3n) is 3.27. The molecule has 20 heavy (non-hydrogen) atoms. The maximum atomic E-state index is 6.23. The predicted octanol–water partition coefficient (Wildman–Crippen LogP) is 4.34. The highest BCUT2D eigenvalue weighted by atomic mass is 35.5. The van der Waals surface area contributed by atoms with E-state index in [0.717, 1.165) is 29.9 Å². The van der Waals surface area contributed by atoms with Gasteiger partial charge in [0.05, 0.1) is 24.4 Å². The van der Waals surface area contributed by atoms with Gasteiger partial charge in [-0.05, 0) is 49.2 Å². The van der Waals surface area contributed by atoms with Crippen molar-refractivity contribution in [3.8, 4) is 5.75 Å². The fourth-order valence-electron chi connectivity index (χ4n) is 2.19. The van der Waals surface area contributed by atoms with Crippen LogP contribution in [0.25, 0.3) is 0 Å². The summed E-state index contributed by atoms with van der Waals surface area (Å²) in [5.74, 6) is 1.61. The van der Waals surface area contributed by atoms with E-state index >= 15 is 0 Å². The largest absolute Gasteiger partial charge is 0.495 e. The summed E-state index contributed by atoms with van der Waals surface area (Å²) in [6.45, 7) is 5.10. The summed E-state index contributed by atoms with van der Waals surface area (Å²) in [6, 6.07) is 7.81. The van der Waals surface area contributed by atoms with E-state index in [4.69, 9.17) is 20.8 Å². The first kappa shape index (κ1) is 14.9. The molecule has 0 saturated heterocycles. The van der Waals surface area contributed by atoms with Gasteiger partial charge in [-0.3, -0.25) is 0 Å². The van der Waals surface area contributed by atoms with Crippen molar-refractivity contribution in [3.63, 3.8) is 0 Å². The predicted molar refractivity (Wildman–Crippen MR) is 81.6 cm³/mol. The van der Waals surface area contributed by atoms with Crippen molar-refractivity contribution in [1.29, 1.82) is 0 Å². The summed E-state index contributed by atoms with van der Waals surface area (Å²) in [5, 5.41) is 4.11. The summed E-state index contributed by atoms with van der Waals surface area (Å²) in [6.07, 6.45) is 2.77. The highest BCUT2D eigenvalue weighted by Crippen LogP contribution is 2.31. The number of hydrogen-bond acceptors (Lipinski definition) is 3. The summed E-state index contributed by atoms with van der Waals surface area (Å²) >= 11 is 6.23. The monoisotopic (exact) mass is 293 g/mol. The molecule has 1 aromatic carbocycles. The maximum absolute atomic E-state index is 6.23. The van der Waals surface area contributed by atoms with Crippen LogP contribution in [0, 0.1) is 6.92 Å². The highest BCUT2D eigenvalue weighted by molar-refractivity contribution is 6.32. The molecule has 108 valence electrons. The van der Waals surface area contributed by atoms with Gasteiger partial charge in [-0.1, -0.05) is 24.6 Å². The number of aryl methyl sites for hydroxylation is 1. The minimum Gasteiger partial charge on any atom is -0.495 e. The Bertz CT molecular complexity index is 565. The Hall–Kier alpha value is -1.45. The fourth-order valence-corrected chi connectivity index (χ4v) is 2.46. The number of furan rings is 1. The van der Waals surface area contributed by atoms with E-state index in [0.29, 0.717) is 10.8 Å². The zero-order valence-corrected chi connectivity index (χ0v) is 12.8. The molecule has 3 nitrogen and oxygen atoms in total. The molecule has 1 heterocycles. The SMILES string of the molecule is CCCNC(c1ccc(OC)c(Cl)c1)c1occc1C. The summed E-state index contributed by atoms with van der Waals surface area (Å²) in [4.78, 5) is 0. The molecule has 1 atom stereocenters. The molecular formula is C16H20ClNO2. The number of ether oxygens (including phenoxy) is 1. The third kappa shape index (κ3) is 3.17. The molecule has 0 bridgehead atoms. The van der Waals surface area contributed by atoms with E-state index < -0.39 is 0 Å². The minimum absolute atomic E-state index is 0.00774. The van der Waals surface area contributed by atoms with Gasteiger partial charge in [0, 0.05) is 0 Å². The number of nitrogens with one attached hydrogen (secondary N) is 1. The fraction of sp³-hybridized carbons (Fsp3) is 0.375. The van der Waals surface area contributed by atoms with Crippen LogP contribution in [0.4, 0.5) is 0 Å². The van der Waals surface area contributed by atoms with Gasteiger partial charge in [0.25, 0.3) is 0 Å². The van der Waals surface area contributed by atoms with Gasteiger partial charge in [-0.2, -0.15) is 0 Å². The summed E-state index contributed by atoms with van der Waals surface area (Å²) < 4.78 is 10.8. The molecule has 0 aliphatic rings.